The Hall–Kier alpha value is -1.20. The molecule has 0 aliphatic rings. The summed E-state index contributed by atoms with van der Waals surface area (Å²) in [5.74, 6) is 1.71. The van der Waals surface area contributed by atoms with Gasteiger partial charge in [-0.05, 0) is 43.0 Å². The summed E-state index contributed by atoms with van der Waals surface area (Å²) in [4.78, 5) is 13.6. The SMILES string of the molecule is CSCC[C@H](N)C(=O)N(C)CCOc1cccc(C)c1. The molecule has 112 valence electrons. The van der Waals surface area contributed by atoms with Crippen molar-refractivity contribution in [3.63, 3.8) is 0 Å². The second-order valence-electron chi connectivity index (χ2n) is 4.81. The molecule has 2 N–H and O–H groups in total. The highest BCUT2D eigenvalue weighted by Gasteiger charge is 2.17. The van der Waals surface area contributed by atoms with Gasteiger partial charge in [-0.25, -0.2) is 0 Å². The molecule has 1 atom stereocenters. The lowest BCUT2D eigenvalue weighted by molar-refractivity contribution is -0.131. The van der Waals surface area contributed by atoms with Crippen LogP contribution in [-0.4, -0.2) is 49.1 Å². The zero-order valence-electron chi connectivity index (χ0n) is 12.5. The molecule has 0 radical (unpaired) electrons. The van der Waals surface area contributed by atoms with Crippen LogP contribution < -0.4 is 10.5 Å². The van der Waals surface area contributed by atoms with E-state index in [4.69, 9.17) is 10.5 Å². The third kappa shape index (κ3) is 5.84. The Morgan fingerprint density at radius 2 is 2.25 bits per heavy atom. The van der Waals surface area contributed by atoms with Gasteiger partial charge >= 0.3 is 0 Å². The van der Waals surface area contributed by atoms with Crippen LogP contribution >= 0.6 is 11.8 Å². The quantitative estimate of drug-likeness (QED) is 0.796. The topological polar surface area (TPSA) is 55.6 Å². The fourth-order valence-electron chi connectivity index (χ4n) is 1.77. The monoisotopic (exact) mass is 296 g/mol. The minimum Gasteiger partial charge on any atom is -0.492 e. The molecule has 0 aliphatic heterocycles. The number of likely N-dealkylation sites (N-methyl/N-ethyl adjacent to an activating group) is 1. The van der Waals surface area contributed by atoms with E-state index in [1.54, 1.807) is 23.7 Å². The van der Waals surface area contributed by atoms with Crippen molar-refractivity contribution in [2.75, 3.05) is 32.2 Å². The Labute approximate surface area is 125 Å². The van der Waals surface area contributed by atoms with Crippen LogP contribution in [-0.2, 0) is 4.79 Å². The molecule has 0 heterocycles. The Balaban J connectivity index is 2.32. The van der Waals surface area contributed by atoms with Gasteiger partial charge in [-0.15, -0.1) is 0 Å². The van der Waals surface area contributed by atoms with Crippen LogP contribution in [0.4, 0.5) is 0 Å². The standard InChI is InChI=1S/C15H24N2O2S/c1-12-5-4-6-13(11-12)19-9-8-17(2)15(18)14(16)7-10-20-3/h4-6,11,14H,7-10,16H2,1-3H3/t14-/m0/s1. The normalized spacial score (nSPS) is 12.0. The van der Waals surface area contributed by atoms with Gasteiger partial charge in [-0.2, -0.15) is 11.8 Å². The first-order chi connectivity index (χ1) is 9.54. The molecule has 1 amide bonds. The van der Waals surface area contributed by atoms with Gasteiger partial charge in [-0.3, -0.25) is 4.79 Å². The number of hydrogen-bond acceptors (Lipinski definition) is 4. The maximum Gasteiger partial charge on any atom is 0.239 e. The van der Waals surface area contributed by atoms with E-state index in [0.29, 0.717) is 19.6 Å². The van der Waals surface area contributed by atoms with E-state index in [1.165, 1.54) is 0 Å². The molecule has 0 unspecified atom stereocenters. The molecule has 1 rings (SSSR count). The van der Waals surface area contributed by atoms with Crippen LogP contribution in [0.15, 0.2) is 24.3 Å². The summed E-state index contributed by atoms with van der Waals surface area (Å²) < 4.78 is 5.63. The average Bonchev–Trinajstić information content (AvgIpc) is 2.43. The van der Waals surface area contributed by atoms with Gasteiger partial charge in [0.25, 0.3) is 0 Å². The zero-order valence-corrected chi connectivity index (χ0v) is 13.3. The van der Waals surface area contributed by atoms with Crippen molar-refractivity contribution in [3.8, 4) is 5.75 Å². The highest BCUT2D eigenvalue weighted by Crippen LogP contribution is 2.12. The number of hydrogen-bond donors (Lipinski definition) is 1. The highest BCUT2D eigenvalue weighted by molar-refractivity contribution is 7.98. The average molecular weight is 296 g/mol. The summed E-state index contributed by atoms with van der Waals surface area (Å²) in [6.07, 6.45) is 2.72. The van der Waals surface area contributed by atoms with Gasteiger partial charge in [0.1, 0.15) is 12.4 Å². The molecule has 0 aromatic heterocycles. The second kappa shape index (κ2) is 8.87. The lowest BCUT2D eigenvalue weighted by atomic mass is 10.2. The van der Waals surface area contributed by atoms with Crippen LogP contribution in [0.25, 0.3) is 0 Å². The van der Waals surface area contributed by atoms with E-state index in [2.05, 4.69) is 0 Å². The summed E-state index contributed by atoms with van der Waals surface area (Å²) in [6.45, 7) is 3.04. The van der Waals surface area contributed by atoms with E-state index in [-0.39, 0.29) is 5.91 Å². The van der Waals surface area contributed by atoms with E-state index < -0.39 is 6.04 Å². The Bertz CT molecular complexity index is 426. The van der Waals surface area contributed by atoms with Crippen molar-refractivity contribution in [3.05, 3.63) is 29.8 Å². The molecule has 0 saturated carbocycles. The van der Waals surface area contributed by atoms with E-state index >= 15 is 0 Å². The number of rotatable bonds is 8. The van der Waals surface area contributed by atoms with Gasteiger partial charge in [0.15, 0.2) is 0 Å². The van der Waals surface area contributed by atoms with Crippen molar-refractivity contribution >= 4 is 17.7 Å². The number of ether oxygens (including phenoxy) is 1. The molecular weight excluding hydrogens is 272 g/mol. The number of benzene rings is 1. The van der Waals surface area contributed by atoms with Crippen LogP contribution in [0.2, 0.25) is 0 Å². The first kappa shape index (κ1) is 16.9. The Morgan fingerprint density at radius 1 is 1.50 bits per heavy atom. The molecule has 0 saturated heterocycles. The van der Waals surface area contributed by atoms with Crippen molar-refractivity contribution in [1.82, 2.24) is 4.90 Å². The van der Waals surface area contributed by atoms with Crippen molar-refractivity contribution in [2.45, 2.75) is 19.4 Å². The van der Waals surface area contributed by atoms with Crippen LogP contribution in [0.1, 0.15) is 12.0 Å². The predicted molar refractivity (Wildman–Crippen MR) is 85.3 cm³/mol. The number of nitrogens with zero attached hydrogens (tertiary/aromatic N) is 1. The zero-order chi connectivity index (χ0) is 15.0. The van der Waals surface area contributed by atoms with Crippen molar-refractivity contribution < 1.29 is 9.53 Å². The summed E-state index contributed by atoms with van der Waals surface area (Å²) in [5.41, 5.74) is 7.02. The lowest BCUT2D eigenvalue weighted by Crippen LogP contribution is -2.43. The van der Waals surface area contributed by atoms with E-state index in [0.717, 1.165) is 17.1 Å². The summed E-state index contributed by atoms with van der Waals surface area (Å²) in [7, 11) is 1.76. The predicted octanol–water partition coefficient (Wildman–Crippen LogP) is 1.91. The van der Waals surface area contributed by atoms with Crippen LogP contribution in [0.3, 0.4) is 0 Å². The van der Waals surface area contributed by atoms with Crippen LogP contribution in [0, 0.1) is 6.92 Å². The fourth-order valence-corrected chi connectivity index (χ4v) is 2.26. The molecule has 0 bridgehead atoms. The van der Waals surface area contributed by atoms with Gasteiger partial charge in [-0.1, -0.05) is 12.1 Å². The summed E-state index contributed by atoms with van der Waals surface area (Å²) in [5, 5.41) is 0. The first-order valence-electron chi connectivity index (χ1n) is 6.73. The van der Waals surface area contributed by atoms with Gasteiger partial charge in [0.2, 0.25) is 5.91 Å². The Morgan fingerprint density at radius 3 is 2.90 bits per heavy atom. The molecule has 0 aliphatic carbocycles. The second-order valence-corrected chi connectivity index (χ2v) is 5.80. The number of nitrogens with two attached hydrogens (primary N) is 1. The smallest absolute Gasteiger partial charge is 0.239 e. The number of thioether (sulfide) groups is 1. The number of amides is 1. The molecule has 1 aromatic carbocycles. The van der Waals surface area contributed by atoms with Gasteiger partial charge in [0.05, 0.1) is 12.6 Å². The maximum absolute atomic E-state index is 12.0. The number of aryl methyl sites for hydroxylation is 1. The lowest BCUT2D eigenvalue weighted by Gasteiger charge is -2.21. The summed E-state index contributed by atoms with van der Waals surface area (Å²) in [6, 6.07) is 7.46. The van der Waals surface area contributed by atoms with E-state index in [1.807, 2.05) is 37.4 Å². The Kier molecular flexibility index (Phi) is 7.47. The largest absolute Gasteiger partial charge is 0.492 e. The maximum atomic E-state index is 12.0. The molecule has 5 heteroatoms. The first-order valence-corrected chi connectivity index (χ1v) is 8.13. The minimum absolute atomic E-state index is 0.0214. The fraction of sp³-hybridized carbons (Fsp3) is 0.533. The third-order valence-electron chi connectivity index (χ3n) is 3.01. The van der Waals surface area contributed by atoms with Crippen molar-refractivity contribution in [2.24, 2.45) is 5.73 Å². The molecule has 0 fully saturated rings. The molecule has 4 nitrogen and oxygen atoms in total. The van der Waals surface area contributed by atoms with E-state index in [9.17, 15) is 4.79 Å². The molecule has 0 spiro atoms. The molecule has 20 heavy (non-hydrogen) atoms. The molecular formula is C15H24N2O2S. The minimum atomic E-state index is -0.411. The number of carbonyl (C=O) groups is 1. The van der Waals surface area contributed by atoms with Gasteiger partial charge in [0, 0.05) is 7.05 Å². The third-order valence-corrected chi connectivity index (χ3v) is 3.66. The van der Waals surface area contributed by atoms with Crippen LogP contribution in [0.5, 0.6) is 5.75 Å². The van der Waals surface area contributed by atoms with Crippen molar-refractivity contribution in [1.29, 1.82) is 0 Å². The highest BCUT2D eigenvalue weighted by atomic mass is 32.2. The summed E-state index contributed by atoms with van der Waals surface area (Å²) >= 11 is 1.70. The molecule has 1 aromatic rings. The number of carbonyl (C=O) groups excluding carboxylic acids is 1. The van der Waals surface area contributed by atoms with Gasteiger partial charge < -0.3 is 15.4 Å².